The first-order valence-electron chi connectivity index (χ1n) is 6.93. The zero-order valence-corrected chi connectivity index (χ0v) is 11.8. The number of imidazole rings is 1. The second kappa shape index (κ2) is 5.12. The molecule has 1 unspecified atom stereocenters. The molecule has 1 aromatic heterocycles. The highest BCUT2D eigenvalue weighted by molar-refractivity contribution is 6.17. The molecule has 1 saturated carbocycles. The van der Waals surface area contributed by atoms with Gasteiger partial charge in [-0.05, 0) is 43.9 Å². The van der Waals surface area contributed by atoms with E-state index in [1.165, 1.54) is 25.3 Å². The van der Waals surface area contributed by atoms with Gasteiger partial charge in [0.25, 0.3) is 0 Å². The van der Waals surface area contributed by atoms with Crippen molar-refractivity contribution in [2.45, 2.75) is 38.6 Å². The summed E-state index contributed by atoms with van der Waals surface area (Å²) in [6.45, 7) is 2.22. The lowest BCUT2D eigenvalue weighted by atomic mass is 9.80. The Hall–Kier alpha value is -1.09. The fraction of sp³-hybridized carbons (Fsp3) is 0.533. The van der Waals surface area contributed by atoms with Crippen LogP contribution < -0.4 is 0 Å². The van der Waals surface area contributed by atoms with Crippen LogP contribution in [-0.2, 0) is 6.42 Å². The van der Waals surface area contributed by atoms with Gasteiger partial charge in [-0.25, -0.2) is 9.37 Å². The van der Waals surface area contributed by atoms with Crippen molar-refractivity contribution in [3.63, 3.8) is 0 Å². The van der Waals surface area contributed by atoms with Gasteiger partial charge in [0.15, 0.2) is 0 Å². The van der Waals surface area contributed by atoms with Gasteiger partial charge in [-0.1, -0.05) is 6.42 Å². The summed E-state index contributed by atoms with van der Waals surface area (Å²) in [6, 6.07) is 5.19. The van der Waals surface area contributed by atoms with Gasteiger partial charge in [0.2, 0.25) is 0 Å². The third kappa shape index (κ3) is 2.25. The largest absolute Gasteiger partial charge is 0.325 e. The second-order valence-electron chi connectivity index (χ2n) is 5.40. The van der Waals surface area contributed by atoms with Crippen molar-refractivity contribution in [2.75, 3.05) is 5.88 Å². The van der Waals surface area contributed by atoms with E-state index in [9.17, 15) is 4.39 Å². The Labute approximate surface area is 117 Å². The van der Waals surface area contributed by atoms with Gasteiger partial charge in [-0.3, -0.25) is 0 Å². The van der Waals surface area contributed by atoms with Crippen LogP contribution in [0.3, 0.4) is 0 Å². The minimum atomic E-state index is -0.202. The minimum Gasteiger partial charge on any atom is -0.325 e. The molecule has 0 spiro atoms. The van der Waals surface area contributed by atoms with Crippen LogP contribution in [0.15, 0.2) is 18.2 Å². The highest BCUT2D eigenvalue weighted by Crippen LogP contribution is 2.38. The number of hydrogen-bond acceptors (Lipinski definition) is 1. The van der Waals surface area contributed by atoms with E-state index < -0.39 is 0 Å². The van der Waals surface area contributed by atoms with Gasteiger partial charge in [0, 0.05) is 18.3 Å². The van der Waals surface area contributed by atoms with Crippen molar-refractivity contribution in [2.24, 2.45) is 5.92 Å². The number of aryl methyl sites for hydroxylation is 1. The van der Waals surface area contributed by atoms with Crippen LogP contribution in [0.25, 0.3) is 11.0 Å². The number of nitrogens with zero attached hydrogens (tertiary/aromatic N) is 2. The summed E-state index contributed by atoms with van der Waals surface area (Å²) in [5, 5.41) is 0. The van der Waals surface area contributed by atoms with E-state index in [1.807, 2.05) is 0 Å². The van der Waals surface area contributed by atoms with Crippen LogP contribution in [0.5, 0.6) is 0 Å². The Balaban J connectivity index is 2.11. The molecular formula is C15H18ClFN2. The van der Waals surface area contributed by atoms with Crippen molar-refractivity contribution in [1.82, 2.24) is 9.55 Å². The predicted octanol–water partition coefficient (Wildman–Crippen LogP) is 4.32. The molecule has 0 saturated heterocycles. The van der Waals surface area contributed by atoms with E-state index in [1.54, 1.807) is 12.1 Å². The SMILES string of the molecule is CC(C1CCC1)n1c(CCCl)nc2ccc(F)cc21. The fourth-order valence-corrected chi connectivity index (χ4v) is 3.13. The smallest absolute Gasteiger partial charge is 0.125 e. The van der Waals surface area contributed by atoms with Crippen molar-refractivity contribution < 1.29 is 4.39 Å². The molecule has 1 fully saturated rings. The number of benzene rings is 1. The standard InChI is InChI=1S/C15H18ClFN2/c1-10(11-3-2-4-11)19-14-9-12(17)5-6-13(14)18-15(19)7-8-16/h5-6,9-11H,2-4,7-8H2,1H3. The summed E-state index contributed by atoms with van der Waals surface area (Å²) in [5.74, 6) is 2.01. The third-order valence-corrected chi connectivity index (χ3v) is 4.47. The molecule has 0 amide bonds. The quantitative estimate of drug-likeness (QED) is 0.763. The summed E-state index contributed by atoms with van der Waals surface area (Å²) < 4.78 is 15.7. The first-order chi connectivity index (χ1) is 9.20. The van der Waals surface area contributed by atoms with Crippen molar-refractivity contribution in [3.8, 4) is 0 Å². The molecule has 2 aromatic rings. The Kier molecular flexibility index (Phi) is 3.48. The maximum atomic E-state index is 13.5. The molecule has 0 radical (unpaired) electrons. The van der Waals surface area contributed by atoms with Crippen LogP contribution in [0.1, 0.15) is 38.1 Å². The number of aromatic nitrogens is 2. The van der Waals surface area contributed by atoms with Crippen LogP contribution in [0.2, 0.25) is 0 Å². The summed E-state index contributed by atoms with van der Waals surface area (Å²) >= 11 is 5.87. The number of halogens is 2. The lowest BCUT2D eigenvalue weighted by Gasteiger charge is -2.33. The normalized spacial score (nSPS) is 17.6. The van der Waals surface area contributed by atoms with Gasteiger partial charge in [-0.2, -0.15) is 0 Å². The zero-order valence-electron chi connectivity index (χ0n) is 11.1. The van der Waals surface area contributed by atoms with Crippen LogP contribution >= 0.6 is 11.6 Å². The van der Waals surface area contributed by atoms with E-state index in [0.29, 0.717) is 17.8 Å². The first kappa shape index (κ1) is 12.9. The average Bonchev–Trinajstić information content (AvgIpc) is 2.64. The monoisotopic (exact) mass is 280 g/mol. The molecule has 1 heterocycles. The summed E-state index contributed by atoms with van der Waals surface area (Å²) in [5.41, 5.74) is 1.77. The van der Waals surface area contributed by atoms with Crippen molar-refractivity contribution >= 4 is 22.6 Å². The van der Waals surface area contributed by atoms with Crippen LogP contribution in [0.4, 0.5) is 4.39 Å². The Morgan fingerprint density at radius 1 is 1.47 bits per heavy atom. The Bertz CT molecular complexity index is 589. The lowest BCUT2D eigenvalue weighted by molar-refractivity contribution is 0.223. The second-order valence-corrected chi connectivity index (χ2v) is 5.78. The molecule has 3 rings (SSSR count). The first-order valence-corrected chi connectivity index (χ1v) is 7.46. The van der Waals surface area contributed by atoms with Gasteiger partial charge in [0.1, 0.15) is 11.6 Å². The topological polar surface area (TPSA) is 17.8 Å². The molecule has 102 valence electrons. The summed E-state index contributed by atoms with van der Waals surface area (Å²) in [4.78, 5) is 4.62. The molecule has 1 atom stereocenters. The summed E-state index contributed by atoms with van der Waals surface area (Å²) in [7, 11) is 0. The highest BCUT2D eigenvalue weighted by Gasteiger charge is 2.27. The number of rotatable bonds is 4. The molecule has 4 heteroatoms. The molecule has 2 nitrogen and oxygen atoms in total. The zero-order chi connectivity index (χ0) is 13.4. The van der Waals surface area contributed by atoms with Crippen molar-refractivity contribution in [3.05, 3.63) is 29.8 Å². The van der Waals surface area contributed by atoms with E-state index in [-0.39, 0.29) is 5.82 Å². The molecule has 0 N–H and O–H groups in total. The van der Waals surface area contributed by atoms with Crippen LogP contribution in [-0.4, -0.2) is 15.4 Å². The Morgan fingerprint density at radius 3 is 2.89 bits per heavy atom. The third-order valence-electron chi connectivity index (χ3n) is 4.28. The van der Waals surface area contributed by atoms with Gasteiger partial charge in [-0.15, -0.1) is 11.6 Å². The van der Waals surface area contributed by atoms with E-state index in [4.69, 9.17) is 11.6 Å². The van der Waals surface area contributed by atoms with Gasteiger partial charge in [0.05, 0.1) is 11.0 Å². The molecular weight excluding hydrogens is 263 g/mol. The van der Waals surface area contributed by atoms with E-state index in [2.05, 4.69) is 16.5 Å². The van der Waals surface area contributed by atoms with E-state index >= 15 is 0 Å². The molecule has 19 heavy (non-hydrogen) atoms. The summed E-state index contributed by atoms with van der Waals surface area (Å²) in [6.07, 6.45) is 4.56. The lowest BCUT2D eigenvalue weighted by Crippen LogP contribution is -2.24. The number of hydrogen-bond donors (Lipinski definition) is 0. The number of fused-ring (bicyclic) bond motifs is 1. The van der Waals surface area contributed by atoms with E-state index in [0.717, 1.165) is 23.3 Å². The molecule has 1 aromatic carbocycles. The molecule has 1 aliphatic carbocycles. The average molecular weight is 281 g/mol. The predicted molar refractivity (Wildman–Crippen MR) is 76.2 cm³/mol. The van der Waals surface area contributed by atoms with Gasteiger partial charge < -0.3 is 4.57 Å². The van der Waals surface area contributed by atoms with Gasteiger partial charge >= 0.3 is 0 Å². The highest BCUT2D eigenvalue weighted by atomic mass is 35.5. The maximum absolute atomic E-state index is 13.5. The van der Waals surface area contributed by atoms with Crippen molar-refractivity contribution in [1.29, 1.82) is 0 Å². The fourth-order valence-electron chi connectivity index (χ4n) is 2.96. The maximum Gasteiger partial charge on any atom is 0.125 e. The molecule has 1 aliphatic rings. The Morgan fingerprint density at radius 2 is 2.26 bits per heavy atom. The molecule has 0 bridgehead atoms. The minimum absolute atomic E-state index is 0.202. The number of alkyl halides is 1. The van der Waals surface area contributed by atoms with Crippen LogP contribution in [0, 0.1) is 11.7 Å². The molecule has 0 aliphatic heterocycles.